The van der Waals surface area contributed by atoms with Crippen molar-refractivity contribution in [3.63, 3.8) is 0 Å². The highest BCUT2D eigenvalue weighted by molar-refractivity contribution is 5.76. The molecule has 1 saturated heterocycles. The molecule has 1 aliphatic heterocycles. The van der Waals surface area contributed by atoms with Crippen molar-refractivity contribution < 1.29 is 39.8 Å². The summed E-state index contributed by atoms with van der Waals surface area (Å²) in [6, 6.07) is -0.839. The Morgan fingerprint density at radius 3 is 1.19 bits per heavy atom. The van der Waals surface area contributed by atoms with Crippen LogP contribution >= 0.6 is 0 Å². The molecule has 0 saturated carbocycles. The Kier molecular flexibility index (Phi) is 54.5. The number of aliphatic hydroxyl groups is 5. The third-order valence-electron chi connectivity index (χ3n) is 14.1. The highest BCUT2D eigenvalue weighted by Crippen LogP contribution is 2.23. The fourth-order valence-electron chi connectivity index (χ4n) is 9.06. The van der Waals surface area contributed by atoms with Gasteiger partial charge in [0.05, 0.1) is 25.4 Å². The molecule has 9 heteroatoms. The largest absolute Gasteiger partial charge is 0.394 e. The molecule has 7 unspecified atom stereocenters. The first-order valence-corrected chi connectivity index (χ1v) is 32.2. The van der Waals surface area contributed by atoms with Crippen LogP contribution in [0.3, 0.4) is 0 Å². The maximum Gasteiger partial charge on any atom is 0.220 e. The highest BCUT2D eigenvalue weighted by atomic mass is 16.7. The van der Waals surface area contributed by atoms with Gasteiger partial charge in [-0.25, -0.2) is 0 Å². The molecule has 0 spiro atoms. The molecule has 6 N–H and O–H groups in total. The van der Waals surface area contributed by atoms with Crippen LogP contribution < -0.4 is 5.32 Å². The molecular formula is C72H117NO8. The minimum atomic E-state index is -1.58. The van der Waals surface area contributed by atoms with Crippen LogP contribution in [-0.2, 0) is 14.3 Å². The van der Waals surface area contributed by atoms with E-state index in [0.29, 0.717) is 6.42 Å². The summed E-state index contributed by atoms with van der Waals surface area (Å²) in [6.07, 6.45) is 86.1. The summed E-state index contributed by atoms with van der Waals surface area (Å²) in [7, 11) is 0. The Balaban J connectivity index is 2.19. The zero-order valence-electron chi connectivity index (χ0n) is 51.0. The van der Waals surface area contributed by atoms with Gasteiger partial charge in [0.15, 0.2) is 6.29 Å². The van der Waals surface area contributed by atoms with Gasteiger partial charge in [-0.2, -0.15) is 0 Å². The van der Waals surface area contributed by atoms with Gasteiger partial charge in [0.2, 0.25) is 5.91 Å². The normalized spacial score (nSPS) is 19.5. The van der Waals surface area contributed by atoms with E-state index in [0.717, 1.165) is 122 Å². The Morgan fingerprint density at radius 1 is 0.432 bits per heavy atom. The summed E-state index contributed by atoms with van der Waals surface area (Å²) in [5, 5.41) is 54.5. The Hall–Kier alpha value is -4.19. The maximum atomic E-state index is 13.1. The molecule has 1 heterocycles. The predicted octanol–water partition coefficient (Wildman–Crippen LogP) is 17.2. The second kappa shape index (κ2) is 59.0. The van der Waals surface area contributed by atoms with Crippen LogP contribution in [0, 0.1) is 0 Å². The summed E-state index contributed by atoms with van der Waals surface area (Å²) in [4.78, 5) is 13.1. The van der Waals surface area contributed by atoms with Gasteiger partial charge in [-0.1, -0.05) is 268 Å². The van der Waals surface area contributed by atoms with Crippen LogP contribution in [0.5, 0.6) is 0 Å². The highest BCUT2D eigenvalue weighted by Gasteiger charge is 2.44. The fourth-order valence-corrected chi connectivity index (χ4v) is 9.06. The lowest BCUT2D eigenvalue weighted by atomic mass is 9.99. The van der Waals surface area contributed by atoms with Gasteiger partial charge < -0.3 is 40.3 Å². The van der Waals surface area contributed by atoms with E-state index in [4.69, 9.17) is 9.47 Å². The lowest BCUT2D eigenvalue weighted by molar-refractivity contribution is -0.302. The number of nitrogens with one attached hydrogen (secondary N) is 1. The molecule has 0 aliphatic carbocycles. The summed E-state index contributed by atoms with van der Waals surface area (Å²) in [6.45, 7) is 3.63. The summed E-state index contributed by atoms with van der Waals surface area (Å²) >= 11 is 0. The van der Waals surface area contributed by atoms with Gasteiger partial charge in [0.25, 0.3) is 0 Å². The fraction of sp³-hybridized carbons (Fsp3) is 0.625. The van der Waals surface area contributed by atoms with Crippen molar-refractivity contribution in [1.29, 1.82) is 0 Å². The van der Waals surface area contributed by atoms with Crippen LogP contribution in [0.2, 0.25) is 0 Å². The van der Waals surface area contributed by atoms with E-state index < -0.39 is 49.5 Å². The molecular weight excluding hydrogens is 1010 g/mol. The standard InChI is InChI=1S/C72H117NO8/c1-3-5-7-9-11-13-15-17-19-21-22-23-24-25-26-27-28-29-30-31-32-33-34-35-36-37-38-39-40-41-42-43-44-46-48-50-52-54-56-58-60-62-68(76)73-65(64-80-72-71(79)70(78)69(77)67(63-74)81-72)66(75)61-59-57-55-53-51-49-47-45-20-18-16-14-12-10-8-6-4-2/h5,7,11,13,17,19,22-23,25-26,28-29,31-32,34-35,37-38,40-41,43-44,51,53,59,61,65-67,69-72,74-75,77-79H,3-4,6,8-10,12,14-16,18,20-21,24,27,30,33,36,39,42,45-50,52,54-58,60,62-64H2,1-2H3,(H,73,76)/b7-5-,13-11-,19-17-,23-22-,26-25-,29-28-,32-31-,35-34-,38-37-,41-40-,44-43-,53-51+,61-59+. The lowest BCUT2D eigenvalue weighted by Crippen LogP contribution is -2.60. The SMILES string of the molecule is CC/C=C\C/C=C\C/C=C\C/C=C\C/C=C\C/C=C\C/C=C\C/C=C\C/C=C\C/C=C\C/C=C\CCCCCCCCCC(=O)NC(COC1OC(CO)C(O)C(O)C1O)C(O)/C=C/CC/C=C/CCCCCCCCCCCCC. The lowest BCUT2D eigenvalue weighted by Gasteiger charge is -2.40. The second-order valence-corrected chi connectivity index (χ2v) is 21.5. The Labute approximate surface area is 495 Å². The first-order valence-electron chi connectivity index (χ1n) is 32.2. The zero-order chi connectivity index (χ0) is 58.6. The zero-order valence-corrected chi connectivity index (χ0v) is 51.0. The van der Waals surface area contributed by atoms with E-state index in [9.17, 15) is 30.3 Å². The van der Waals surface area contributed by atoms with Gasteiger partial charge >= 0.3 is 0 Å². The number of ether oxygens (including phenoxy) is 2. The van der Waals surface area contributed by atoms with Gasteiger partial charge in [0.1, 0.15) is 24.4 Å². The molecule has 0 bridgehead atoms. The van der Waals surface area contributed by atoms with E-state index in [1.165, 1.54) is 89.9 Å². The molecule has 9 nitrogen and oxygen atoms in total. The smallest absolute Gasteiger partial charge is 0.220 e. The van der Waals surface area contributed by atoms with Crippen molar-refractivity contribution in [1.82, 2.24) is 5.32 Å². The predicted molar refractivity (Wildman–Crippen MR) is 345 cm³/mol. The van der Waals surface area contributed by atoms with E-state index in [1.54, 1.807) is 6.08 Å². The van der Waals surface area contributed by atoms with Crippen LogP contribution in [0.25, 0.3) is 0 Å². The number of carbonyl (C=O) groups is 1. The molecule has 0 aromatic rings. The molecule has 1 aliphatic rings. The number of hydrogen-bond donors (Lipinski definition) is 6. The average Bonchev–Trinajstić information content (AvgIpc) is 3.49. The van der Waals surface area contributed by atoms with E-state index >= 15 is 0 Å². The van der Waals surface area contributed by atoms with Crippen LogP contribution in [0.15, 0.2) is 158 Å². The van der Waals surface area contributed by atoms with E-state index in [-0.39, 0.29) is 12.5 Å². The minimum absolute atomic E-state index is 0.204. The topological polar surface area (TPSA) is 149 Å². The number of carbonyl (C=O) groups excluding carboxylic acids is 1. The first-order chi connectivity index (χ1) is 39.8. The number of allylic oxidation sites excluding steroid dienone is 25. The number of aliphatic hydroxyl groups excluding tert-OH is 5. The number of unbranched alkanes of at least 4 members (excludes halogenated alkanes) is 19. The van der Waals surface area contributed by atoms with E-state index in [1.807, 2.05) is 6.08 Å². The van der Waals surface area contributed by atoms with E-state index in [2.05, 4.69) is 165 Å². The Bertz CT molecular complexity index is 1830. The molecule has 458 valence electrons. The summed E-state index contributed by atoms with van der Waals surface area (Å²) in [5.74, 6) is -0.204. The number of amides is 1. The average molecular weight is 1120 g/mol. The van der Waals surface area contributed by atoms with Gasteiger partial charge in [-0.05, 0) is 116 Å². The van der Waals surface area contributed by atoms with Crippen LogP contribution in [0.1, 0.15) is 232 Å². The van der Waals surface area contributed by atoms with Crippen LogP contribution in [0.4, 0.5) is 0 Å². The van der Waals surface area contributed by atoms with Crippen molar-refractivity contribution in [2.24, 2.45) is 0 Å². The maximum absolute atomic E-state index is 13.1. The number of hydrogen-bond acceptors (Lipinski definition) is 8. The monoisotopic (exact) mass is 1120 g/mol. The van der Waals surface area contributed by atoms with Crippen molar-refractivity contribution in [2.75, 3.05) is 13.2 Å². The van der Waals surface area contributed by atoms with Gasteiger partial charge in [-0.3, -0.25) is 4.79 Å². The first kappa shape index (κ1) is 74.8. The van der Waals surface area contributed by atoms with Crippen molar-refractivity contribution >= 4 is 5.91 Å². The summed E-state index contributed by atoms with van der Waals surface area (Å²) < 4.78 is 11.3. The number of rotatable bonds is 53. The van der Waals surface area contributed by atoms with Gasteiger partial charge in [0, 0.05) is 6.42 Å². The third-order valence-corrected chi connectivity index (χ3v) is 14.1. The quantitative estimate of drug-likeness (QED) is 0.0261. The minimum Gasteiger partial charge on any atom is -0.394 e. The summed E-state index contributed by atoms with van der Waals surface area (Å²) in [5.41, 5.74) is 0. The second-order valence-electron chi connectivity index (χ2n) is 21.5. The molecule has 0 aromatic heterocycles. The molecule has 7 atom stereocenters. The Morgan fingerprint density at radius 2 is 0.778 bits per heavy atom. The van der Waals surface area contributed by atoms with Crippen molar-refractivity contribution in [3.8, 4) is 0 Å². The van der Waals surface area contributed by atoms with Gasteiger partial charge in [-0.15, -0.1) is 0 Å². The molecule has 1 amide bonds. The molecule has 1 fully saturated rings. The molecule has 81 heavy (non-hydrogen) atoms. The molecule has 1 rings (SSSR count). The van der Waals surface area contributed by atoms with Crippen molar-refractivity contribution in [3.05, 3.63) is 158 Å². The third kappa shape index (κ3) is 47.9. The van der Waals surface area contributed by atoms with Crippen LogP contribution in [-0.4, -0.2) is 87.5 Å². The molecule has 0 aromatic carbocycles. The van der Waals surface area contributed by atoms with Crippen molar-refractivity contribution in [2.45, 2.75) is 275 Å². The molecule has 0 radical (unpaired) electrons.